The highest BCUT2D eigenvalue weighted by molar-refractivity contribution is 6.31. The van der Waals surface area contributed by atoms with Gasteiger partial charge >= 0.3 is 0 Å². The van der Waals surface area contributed by atoms with Crippen molar-refractivity contribution in [3.05, 3.63) is 53.1 Å². The van der Waals surface area contributed by atoms with Gasteiger partial charge in [-0.15, -0.1) is 12.4 Å². The molecule has 0 bridgehead atoms. The van der Waals surface area contributed by atoms with Gasteiger partial charge in [-0.1, -0.05) is 29.8 Å². The van der Waals surface area contributed by atoms with Gasteiger partial charge in [0.05, 0.1) is 18.2 Å². The van der Waals surface area contributed by atoms with Crippen molar-refractivity contribution < 1.29 is 14.3 Å². The molecule has 1 heterocycles. The lowest BCUT2D eigenvalue weighted by Crippen LogP contribution is -2.45. The van der Waals surface area contributed by atoms with E-state index in [9.17, 15) is 4.79 Å². The number of nitrogens with two attached hydrogens (primary N) is 1. The predicted octanol–water partition coefficient (Wildman–Crippen LogP) is 4.04. The lowest BCUT2D eigenvalue weighted by molar-refractivity contribution is -0.125. The highest BCUT2D eigenvalue weighted by Crippen LogP contribution is 2.40. The van der Waals surface area contributed by atoms with Crippen LogP contribution in [0.25, 0.3) is 0 Å². The number of hydrogen-bond acceptors (Lipinski definition) is 4. The van der Waals surface area contributed by atoms with Crippen LogP contribution in [-0.2, 0) is 14.9 Å². The second kappa shape index (κ2) is 8.62. The van der Waals surface area contributed by atoms with E-state index >= 15 is 0 Å². The van der Waals surface area contributed by atoms with Crippen LogP contribution >= 0.6 is 24.0 Å². The minimum atomic E-state index is -0.717. The molecule has 3 N–H and O–H groups in total. The van der Waals surface area contributed by atoms with Gasteiger partial charge in [0, 0.05) is 23.9 Å². The van der Waals surface area contributed by atoms with Crippen molar-refractivity contribution in [2.24, 2.45) is 0 Å². The largest absolute Gasteiger partial charge is 0.495 e. The molecule has 0 spiro atoms. The second-order valence-corrected chi connectivity index (χ2v) is 6.49. The van der Waals surface area contributed by atoms with E-state index < -0.39 is 5.41 Å². The molecular weight excluding hydrogens is 375 g/mol. The van der Waals surface area contributed by atoms with E-state index in [1.54, 1.807) is 25.3 Å². The van der Waals surface area contributed by atoms with Crippen LogP contribution in [0.5, 0.6) is 5.75 Å². The summed E-state index contributed by atoms with van der Waals surface area (Å²) < 4.78 is 10.6. The summed E-state index contributed by atoms with van der Waals surface area (Å²) in [5.74, 6) is 0.471. The smallest absolute Gasteiger partial charge is 0.235 e. The molecular formula is C19H22Cl2N2O3. The third-order valence-corrected chi connectivity index (χ3v) is 4.99. The Morgan fingerprint density at radius 2 is 1.92 bits per heavy atom. The number of hydrogen-bond donors (Lipinski definition) is 2. The Balaban J connectivity index is 0.00000243. The topological polar surface area (TPSA) is 73.6 Å². The van der Waals surface area contributed by atoms with E-state index in [0.717, 1.165) is 5.56 Å². The second-order valence-electron chi connectivity index (χ2n) is 6.09. The number of halogens is 2. The van der Waals surface area contributed by atoms with Gasteiger partial charge in [0.25, 0.3) is 0 Å². The molecule has 7 heteroatoms. The predicted molar refractivity (Wildman–Crippen MR) is 106 cm³/mol. The average molecular weight is 397 g/mol. The SMILES string of the molecule is COc1ccc(NC(=O)C2(c3ccccc3Cl)CCOCC2)cc1N.Cl. The quantitative estimate of drug-likeness (QED) is 0.764. The first-order valence-corrected chi connectivity index (χ1v) is 8.52. The van der Waals surface area contributed by atoms with Crippen LogP contribution in [0.3, 0.4) is 0 Å². The highest BCUT2D eigenvalue weighted by Gasteiger charge is 2.43. The standard InChI is InChI=1S/C19H21ClN2O3.ClH/c1-24-17-7-6-13(12-16(17)21)22-18(23)19(8-10-25-11-9-19)14-4-2-3-5-15(14)20;/h2-7,12H,8-11,21H2,1H3,(H,22,23);1H. The van der Waals surface area contributed by atoms with Gasteiger partial charge in [-0.2, -0.15) is 0 Å². The fourth-order valence-corrected chi connectivity index (χ4v) is 3.57. The Hall–Kier alpha value is -1.95. The molecule has 0 unspecified atom stereocenters. The van der Waals surface area contributed by atoms with Crippen molar-refractivity contribution in [2.45, 2.75) is 18.3 Å². The van der Waals surface area contributed by atoms with Crippen molar-refractivity contribution in [3.63, 3.8) is 0 Å². The molecule has 5 nitrogen and oxygen atoms in total. The molecule has 0 saturated carbocycles. The fourth-order valence-electron chi connectivity index (χ4n) is 3.25. The molecule has 2 aromatic carbocycles. The molecule has 1 amide bonds. The van der Waals surface area contributed by atoms with Crippen molar-refractivity contribution in [3.8, 4) is 5.75 Å². The summed E-state index contributed by atoms with van der Waals surface area (Å²) in [6.07, 6.45) is 1.16. The zero-order chi connectivity index (χ0) is 17.9. The van der Waals surface area contributed by atoms with Gasteiger partial charge in [0.1, 0.15) is 5.75 Å². The van der Waals surface area contributed by atoms with Crippen LogP contribution in [0.15, 0.2) is 42.5 Å². The zero-order valence-corrected chi connectivity index (χ0v) is 16.0. The van der Waals surface area contributed by atoms with E-state index in [1.807, 2.05) is 24.3 Å². The third-order valence-electron chi connectivity index (χ3n) is 4.66. The maximum Gasteiger partial charge on any atom is 0.235 e. The molecule has 0 aromatic heterocycles. The number of rotatable bonds is 4. The minimum absolute atomic E-state index is 0. The van der Waals surface area contributed by atoms with Crippen molar-refractivity contribution in [1.29, 1.82) is 0 Å². The summed E-state index contributed by atoms with van der Waals surface area (Å²) in [6, 6.07) is 12.7. The number of amides is 1. The highest BCUT2D eigenvalue weighted by atomic mass is 35.5. The number of ether oxygens (including phenoxy) is 2. The Labute approximate surface area is 164 Å². The Bertz CT molecular complexity index is 777. The van der Waals surface area contributed by atoms with Gasteiger partial charge < -0.3 is 20.5 Å². The van der Waals surface area contributed by atoms with E-state index in [2.05, 4.69) is 5.32 Å². The van der Waals surface area contributed by atoms with Crippen LogP contribution in [-0.4, -0.2) is 26.2 Å². The van der Waals surface area contributed by atoms with Gasteiger partial charge in [-0.05, 0) is 42.7 Å². The molecule has 1 aliphatic rings. The molecule has 1 fully saturated rings. The first-order valence-electron chi connectivity index (χ1n) is 8.14. The number of nitrogen functional groups attached to an aromatic ring is 1. The van der Waals surface area contributed by atoms with Gasteiger partial charge in [0.15, 0.2) is 0 Å². The van der Waals surface area contributed by atoms with Gasteiger partial charge in [0.2, 0.25) is 5.91 Å². The zero-order valence-electron chi connectivity index (χ0n) is 14.5. The van der Waals surface area contributed by atoms with Gasteiger partial charge in [-0.3, -0.25) is 4.79 Å². The number of carbonyl (C=O) groups is 1. The van der Waals surface area contributed by atoms with E-state index in [4.69, 9.17) is 26.8 Å². The molecule has 0 aliphatic carbocycles. The molecule has 0 radical (unpaired) electrons. The fraction of sp³-hybridized carbons (Fsp3) is 0.316. The average Bonchev–Trinajstić information content (AvgIpc) is 2.63. The summed E-state index contributed by atoms with van der Waals surface area (Å²) in [5, 5.41) is 3.57. The summed E-state index contributed by atoms with van der Waals surface area (Å²) >= 11 is 6.40. The Morgan fingerprint density at radius 1 is 1.23 bits per heavy atom. The number of carbonyl (C=O) groups excluding carboxylic acids is 1. The molecule has 0 atom stereocenters. The van der Waals surface area contributed by atoms with Gasteiger partial charge in [-0.25, -0.2) is 0 Å². The van der Waals surface area contributed by atoms with Crippen molar-refractivity contribution in [2.75, 3.05) is 31.4 Å². The lowest BCUT2D eigenvalue weighted by Gasteiger charge is -2.36. The molecule has 1 aliphatic heterocycles. The molecule has 140 valence electrons. The number of methoxy groups -OCH3 is 1. The summed E-state index contributed by atoms with van der Waals surface area (Å²) in [7, 11) is 1.55. The Kier molecular flexibility index (Phi) is 6.75. The normalized spacial score (nSPS) is 15.6. The van der Waals surface area contributed by atoms with E-state index in [-0.39, 0.29) is 18.3 Å². The van der Waals surface area contributed by atoms with Crippen LogP contribution in [0.1, 0.15) is 18.4 Å². The van der Waals surface area contributed by atoms with Crippen LogP contribution in [0.4, 0.5) is 11.4 Å². The molecule has 2 aromatic rings. The van der Waals surface area contributed by atoms with Crippen LogP contribution in [0.2, 0.25) is 5.02 Å². The Morgan fingerprint density at radius 3 is 2.54 bits per heavy atom. The van der Waals surface area contributed by atoms with Crippen LogP contribution < -0.4 is 15.8 Å². The summed E-state index contributed by atoms with van der Waals surface area (Å²) in [5.41, 5.74) is 7.15. The van der Waals surface area contributed by atoms with Crippen molar-refractivity contribution in [1.82, 2.24) is 0 Å². The minimum Gasteiger partial charge on any atom is -0.495 e. The third kappa shape index (κ3) is 3.90. The summed E-state index contributed by atoms with van der Waals surface area (Å²) in [6.45, 7) is 1.03. The maximum absolute atomic E-state index is 13.2. The van der Waals surface area contributed by atoms with Crippen molar-refractivity contribution >= 4 is 41.3 Å². The molecule has 3 rings (SSSR count). The summed E-state index contributed by atoms with van der Waals surface area (Å²) in [4.78, 5) is 13.2. The molecule has 26 heavy (non-hydrogen) atoms. The molecule has 1 saturated heterocycles. The number of nitrogens with one attached hydrogen (secondary N) is 1. The van der Waals surface area contributed by atoms with E-state index in [0.29, 0.717) is 48.2 Å². The monoisotopic (exact) mass is 396 g/mol. The maximum atomic E-state index is 13.2. The number of anilines is 2. The first-order chi connectivity index (χ1) is 12.1. The van der Waals surface area contributed by atoms with E-state index in [1.165, 1.54) is 0 Å². The first kappa shape index (κ1) is 20.4. The lowest BCUT2D eigenvalue weighted by atomic mass is 9.73. The van der Waals surface area contributed by atoms with Crippen LogP contribution in [0, 0.1) is 0 Å². The number of benzene rings is 2.